The molecule has 0 radical (unpaired) electrons. The van der Waals surface area contributed by atoms with Crippen molar-refractivity contribution in [2.24, 2.45) is 5.92 Å². The van der Waals surface area contributed by atoms with Crippen molar-refractivity contribution in [2.75, 3.05) is 6.61 Å². The van der Waals surface area contributed by atoms with Crippen LogP contribution >= 0.6 is 11.6 Å². The molecular weight excluding hydrogens is 424 g/mol. The van der Waals surface area contributed by atoms with Gasteiger partial charge < -0.3 is 14.6 Å². The number of unbranched alkanes of at least 4 members (excludes halogenated alkanes) is 1. The summed E-state index contributed by atoms with van der Waals surface area (Å²) in [4.78, 5) is 11.3. The summed E-state index contributed by atoms with van der Waals surface area (Å²) in [5.41, 5.74) is 3.75. The van der Waals surface area contributed by atoms with Crippen molar-refractivity contribution in [3.8, 4) is 5.75 Å². The van der Waals surface area contributed by atoms with E-state index in [1.807, 2.05) is 43.3 Å². The zero-order valence-electron chi connectivity index (χ0n) is 19.1. The normalized spacial score (nSPS) is 23.0. The summed E-state index contributed by atoms with van der Waals surface area (Å²) in [5, 5.41) is 10.0. The largest absolute Gasteiger partial charge is 0.493 e. The molecule has 5 heteroatoms. The van der Waals surface area contributed by atoms with Gasteiger partial charge in [-0.15, -0.1) is 0 Å². The summed E-state index contributed by atoms with van der Waals surface area (Å²) >= 11 is 6.52. The second-order valence-electron chi connectivity index (χ2n) is 8.72. The average molecular weight is 457 g/mol. The molecule has 0 aromatic heterocycles. The van der Waals surface area contributed by atoms with E-state index >= 15 is 0 Å². The molecule has 172 valence electrons. The highest BCUT2D eigenvalue weighted by atomic mass is 35.5. The maximum atomic E-state index is 11.3. The Balaban J connectivity index is 1.98. The van der Waals surface area contributed by atoms with Crippen LogP contribution in [-0.2, 0) is 16.0 Å². The molecule has 4 atom stereocenters. The summed E-state index contributed by atoms with van der Waals surface area (Å²) in [6.07, 6.45) is 2.48. The first-order valence-corrected chi connectivity index (χ1v) is 11.7. The molecule has 0 unspecified atom stereocenters. The van der Waals surface area contributed by atoms with E-state index in [4.69, 9.17) is 21.1 Å². The minimum absolute atomic E-state index is 0.0372. The predicted octanol–water partition coefficient (Wildman–Crippen LogP) is 6.97. The summed E-state index contributed by atoms with van der Waals surface area (Å²) in [6.45, 7) is 11.1. The fraction of sp³-hybridized carbons (Fsp3) is 0.444. The van der Waals surface area contributed by atoms with Crippen LogP contribution in [-0.4, -0.2) is 23.8 Å². The lowest BCUT2D eigenvalue weighted by atomic mass is 9.75. The van der Waals surface area contributed by atoms with Gasteiger partial charge in [-0.1, -0.05) is 61.4 Å². The highest BCUT2D eigenvalue weighted by Crippen LogP contribution is 2.49. The Labute approximate surface area is 196 Å². The standard InChI is InChI=1S/C27H33ClO4/c1-5-6-13-31-25-12-11-19(15-26(29)30)14-23(25)27-21(17(2)3)16-22(18(4)32-27)20-9-7-8-10-24(20)28/h7-12,14,18,21-22,27H,2,5-6,13,15-16H2,1,3-4H3,(H,29,30)/t18-,21+,22+,27-/m0/s1. The number of carboxylic acids is 1. The molecule has 0 amide bonds. The number of benzene rings is 2. The van der Waals surface area contributed by atoms with Gasteiger partial charge in [0.2, 0.25) is 0 Å². The third-order valence-corrected chi connectivity index (χ3v) is 6.57. The zero-order valence-corrected chi connectivity index (χ0v) is 19.9. The van der Waals surface area contributed by atoms with Crippen LogP contribution in [0.3, 0.4) is 0 Å². The zero-order chi connectivity index (χ0) is 23.3. The minimum Gasteiger partial charge on any atom is -0.493 e. The van der Waals surface area contributed by atoms with E-state index in [1.54, 1.807) is 0 Å². The van der Waals surface area contributed by atoms with E-state index in [2.05, 4.69) is 26.5 Å². The molecule has 2 aromatic rings. The van der Waals surface area contributed by atoms with Crippen LogP contribution in [0.4, 0.5) is 0 Å². The first-order chi connectivity index (χ1) is 15.3. The number of halogens is 1. The fourth-order valence-electron chi connectivity index (χ4n) is 4.48. The molecule has 3 rings (SSSR count). The van der Waals surface area contributed by atoms with Crippen LogP contribution in [0.15, 0.2) is 54.6 Å². The Bertz CT molecular complexity index is 954. The summed E-state index contributed by atoms with van der Waals surface area (Å²) in [5.74, 6) is 0.102. The van der Waals surface area contributed by atoms with E-state index in [0.717, 1.165) is 52.3 Å². The van der Waals surface area contributed by atoms with E-state index in [-0.39, 0.29) is 30.5 Å². The molecule has 1 aliphatic rings. The molecule has 32 heavy (non-hydrogen) atoms. The molecule has 1 N–H and O–H groups in total. The predicted molar refractivity (Wildman–Crippen MR) is 129 cm³/mol. The van der Waals surface area contributed by atoms with Gasteiger partial charge in [0.05, 0.1) is 25.2 Å². The van der Waals surface area contributed by atoms with Gasteiger partial charge in [-0.2, -0.15) is 0 Å². The minimum atomic E-state index is -0.858. The highest BCUT2D eigenvalue weighted by Gasteiger charge is 2.39. The second kappa shape index (κ2) is 11.0. The lowest BCUT2D eigenvalue weighted by molar-refractivity contribution is -0.136. The first-order valence-electron chi connectivity index (χ1n) is 11.3. The highest BCUT2D eigenvalue weighted by molar-refractivity contribution is 6.31. The average Bonchev–Trinajstić information content (AvgIpc) is 2.74. The van der Waals surface area contributed by atoms with Gasteiger partial charge >= 0.3 is 5.97 Å². The Morgan fingerprint density at radius 3 is 2.66 bits per heavy atom. The maximum Gasteiger partial charge on any atom is 0.307 e. The molecule has 2 aromatic carbocycles. The number of hydrogen-bond acceptors (Lipinski definition) is 3. The number of carbonyl (C=O) groups is 1. The van der Waals surface area contributed by atoms with E-state index in [9.17, 15) is 9.90 Å². The van der Waals surface area contributed by atoms with Crippen LogP contribution < -0.4 is 4.74 Å². The lowest BCUT2D eigenvalue weighted by Gasteiger charge is -2.42. The topological polar surface area (TPSA) is 55.8 Å². The number of hydrogen-bond donors (Lipinski definition) is 1. The maximum absolute atomic E-state index is 11.3. The molecule has 0 spiro atoms. The molecule has 0 bridgehead atoms. The molecule has 4 nitrogen and oxygen atoms in total. The fourth-order valence-corrected chi connectivity index (χ4v) is 4.75. The Morgan fingerprint density at radius 1 is 1.25 bits per heavy atom. The third kappa shape index (κ3) is 5.73. The van der Waals surface area contributed by atoms with Gasteiger partial charge in [-0.3, -0.25) is 4.79 Å². The van der Waals surface area contributed by atoms with Crippen LogP contribution in [0.25, 0.3) is 0 Å². The van der Waals surface area contributed by atoms with Crippen molar-refractivity contribution in [3.63, 3.8) is 0 Å². The van der Waals surface area contributed by atoms with Crippen LogP contribution in [0.5, 0.6) is 5.75 Å². The quantitative estimate of drug-likeness (QED) is 0.327. The molecule has 1 heterocycles. The lowest BCUT2D eigenvalue weighted by Crippen LogP contribution is -2.34. The van der Waals surface area contributed by atoms with E-state index < -0.39 is 5.97 Å². The van der Waals surface area contributed by atoms with Gasteiger partial charge in [0.15, 0.2) is 0 Å². The second-order valence-corrected chi connectivity index (χ2v) is 9.13. The first kappa shape index (κ1) is 24.3. The van der Waals surface area contributed by atoms with E-state index in [1.165, 1.54) is 0 Å². The van der Waals surface area contributed by atoms with Crippen molar-refractivity contribution in [1.29, 1.82) is 0 Å². The number of ether oxygens (including phenoxy) is 2. The van der Waals surface area contributed by atoms with Crippen molar-refractivity contribution in [2.45, 2.75) is 64.6 Å². The van der Waals surface area contributed by atoms with Gasteiger partial charge in [0.1, 0.15) is 5.75 Å². The smallest absolute Gasteiger partial charge is 0.307 e. The van der Waals surface area contributed by atoms with Crippen molar-refractivity contribution >= 4 is 17.6 Å². The number of rotatable bonds is 9. The SMILES string of the molecule is C=C(C)[C@H]1C[C@@H](c2ccccc2Cl)[C@H](C)O[C@@H]1c1cc(CC(=O)O)ccc1OCCCC. The van der Waals surface area contributed by atoms with Gasteiger partial charge in [-0.25, -0.2) is 0 Å². The number of aliphatic carboxylic acids is 1. The van der Waals surface area contributed by atoms with Gasteiger partial charge in [0, 0.05) is 22.4 Å². The molecular formula is C27H33ClO4. The van der Waals surface area contributed by atoms with E-state index in [0.29, 0.717) is 6.61 Å². The van der Waals surface area contributed by atoms with Gasteiger partial charge in [-0.05, 0) is 56.0 Å². The van der Waals surface area contributed by atoms with Crippen LogP contribution in [0.1, 0.15) is 68.7 Å². The van der Waals surface area contributed by atoms with Crippen molar-refractivity contribution in [3.05, 3.63) is 76.3 Å². The molecule has 1 saturated heterocycles. The summed E-state index contributed by atoms with van der Waals surface area (Å²) < 4.78 is 12.7. The molecule has 0 saturated carbocycles. The molecule has 1 aliphatic heterocycles. The van der Waals surface area contributed by atoms with Crippen molar-refractivity contribution in [1.82, 2.24) is 0 Å². The van der Waals surface area contributed by atoms with Crippen LogP contribution in [0.2, 0.25) is 5.02 Å². The van der Waals surface area contributed by atoms with Crippen molar-refractivity contribution < 1.29 is 19.4 Å². The third-order valence-electron chi connectivity index (χ3n) is 6.23. The van der Waals surface area contributed by atoms with Gasteiger partial charge in [0.25, 0.3) is 0 Å². The Hall–Kier alpha value is -2.30. The Kier molecular flexibility index (Phi) is 8.38. The summed E-state index contributed by atoms with van der Waals surface area (Å²) in [7, 11) is 0. The molecule has 0 aliphatic carbocycles. The number of carboxylic acid groups (broad SMARTS) is 1. The summed E-state index contributed by atoms with van der Waals surface area (Å²) in [6, 6.07) is 13.6. The monoisotopic (exact) mass is 456 g/mol. The Morgan fingerprint density at radius 2 is 2.00 bits per heavy atom. The molecule has 1 fully saturated rings. The van der Waals surface area contributed by atoms with Crippen LogP contribution in [0, 0.1) is 5.92 Å².